The van der Waals surface area contributed by atoms with E-state index in [1.54, 1.807) is 0 Å². The quantitative estimate of drug-likeness (QED) is 0.261. The molecule has 19 heavy (non-hydrogen) atoms. The molecular formula is C11H24O8. The highest BCUT2D eigenvalue weighted by molar-refractivity contribution is 5.66. The van der Waals surface area contributed by atoms with Gasteiger partial charge in [-0.1, -0.05) is 13.3 Å². The largest absolute Gasteiger partial charge is 0.481 e. The van der Waals surface area contributed by atoms with E-state index in [4.69, 9.17) is 35.7 Å². The Morgan fingerprint density at radius 2 is 1.32 bits per heavy atom. The second-order valence-electron chi connectivity index (χ2n) is 3.98. The lowest BCUT2D eigenvalue weighted by atomic mass is 10.0. The van der Waals surface area contributed by atoms with Crippen molar-refractivity contribution >= 4 is 5.97 Å². The Morgan fingerprint density at radius 3 is 1.47 bits per heavy atom. The molecule has 0 rings (SSSR count). The van der Waals surface area contributed by atoms with Gasteiger partial charge in [0.25, 0.3) is 0 Å². The standard InChI is InChI=1S/C6H14O6.C5H10O2/c7-1-3(9)5(11)6(12)4(10)2-8;1-2-3-4-5(6)7/h3-12H,1-2H2;2-4H2,1H3,(H,6,7). The molecule has 4 atom stereocenters. The smallest absolute Gasteiger partial charge is 0.303 e. The molecule has 0 saturated heterocycles. The minimum absolute atomic E-state index is 0.316. The second-order valence-corrected chi connectivity index (χ2v) is 3.98. The van der Waals surface area contributed by atoms with Gasteiger partial charge >= 0.3 is 5.97 Å². The van der Waals surface area contributed by atoms with Crippen LogP contribution in [0.2, 0.25) is 0 Å². The van der Waals surface area contributed by atoms with Gasteiger partial charge in [-0.2, -0.15) is 0 Å². The average Bonchev–Trinajstić information content (AvgIpc) is 2.42. The van der Waals surface area contributed by atoms with Crippen molar-refractivity contribution < 1.29 is 40.5 Å². The van der Waals surface area contributed by atoms with Crippen molar-refractivity contribution in [3.8, 4) is 0 Å². The molecule has 8 nitrogen and oxygen atoms in total. The first-order valence-corrected chi connectivity index (χ1v) is 5.97. The van der Waals surface area contributed by atoms with Crippen LogP contribution in [0.4, 0.5) is 0 Å². The summed E-state index contributed by atoms with van der Waals surface area (Å²) in [7, 11) is 0. The molecule has 0 aromatic carbocycles. The SMILES string of the molecule is CCCCC(=O)O.OCC(O)C(O)C(O)C(O)CO. The van der Waals surface area contributed by atoms with Gasteiger partial charge in [0.2, 0.25) is 0 Å². The van der Waals surface area contributed by atoms with Crippen LogP contribution in [0.25, 0.3) is 0 Å². The molecule has 0 aliphatic rings. The Balaban J connectivity index is 0. The van der Waals surface area contributed by atoms with E-state index in [1.165, 1.54) is 0 Å². The highest BCUT2D eigenvalue weighted by atomic mass is 16.4. The predicted octanol–water partition coefficient (Wildman–Crippen LogP) is -2.32. The molecule has 0 aromatic heterocycles. The molecule has 8 heteroatoms. The van der Waals surface area contributed by atoms with E-state index in [-0.39, 0.29) is 0 Å². The minimum atomic E-state index is -1.67. The van der Waals surface area contributed by atoms with Crippen LogP contribution in [0.15, 0.2) is 0 Å². The van der Waals surface area contributed by atoms with Crippen molar-refractivity contribution in [2.45, 2.75) is 50.6 Å². The van der Waals surface area contributed by atoms with Crippen molar-refractivity contribution in [1.29, 1.82) is 0 Å². The van der Waals surface area contributed by atoms with Crippen LogP contribution in [0.3, 0.4) is 0 Å². The zero-order chi connectivity index (χ0) is 15.4. The fraction of sp³-hybridized carbons (Fsp3) is 0.909. The Hall–Kier alpha value is -0.770. The summed E-state index contributed by atoms with van der Waals surface area (Å²) in [5.74, 6) is -0.693. The van der Waals surface area contributed by atoms with Gasteiger partial charge in [0.15, 0.2) is 0 Å². The van der Waals surface area contributed by atoms with Crippen molar-refractivity contribution in [3.05, 3.63) is 0 Å². The van der Waals surface area contributed by atoms with Crippen LogP contribution in [-0.4, -0.2) is 79.3 Å². The Morgan fingerprint density at radius 1 is 0.947 bits per heavy atom. The predicted molar refractivity (Wildman–Crippen MR) is 65.4 cm³/mol. The van der Waals surface area contributed by atoms with Gasteiger partial charge in [-0.3, -0.25) is 4.79 Å². The van der Waals surface area contributed by atoms with Gasteiger partial charge in [-0.05, 0) is 6.42 Å². The zero-order valence-corrected chi connectivity index (χ0v) is 10.9. The molecule has 0 amide bonds. The topological polar surface area (TPSA) is 159 Å². The van der Waals surface area contributed by atoms with Crippen LogP contribution < -0.4 is 0 Å². The number of hydrogen-bond donors (Lipinski definition) is 7. The highest BCUT2D eigenvalue weighted by Gasteiger charge is 2.29. The molecule has 0 radical (unpaired) electrons. The molecule has 0 aromatic rings. The van der Waals surface area contributed by atoms with Crippen LogP contribution in [0.1, 0.15) is 26.2 Å². The molecule has 0 bridgehead atoms. The molecule has 0 aliphatic heterocycles. The summed E-state index contributed by atoms with van der Waals surface area (Å²) in [6.07, 6.45) is -4.31. The first-order chi connectivity index (χ1) is 8.81. The summed E-state index contributed by atoms with van der Waals surface area (Å²) in [6.45, 7) is 0.524. The van der Waals surface area contributed by atoms with Gasteiger partial charge in [-0.25, -0.2) is 0 Å². The monoisotopic (exact) mass is 284 g/mol. The van der Waals surface area contributed by atoms with E-state index < -0.39 is 43.6 Å². The number of rotatable bonds is 8. The molecule has 0 fully saturated rings. The van der Waals surface area contributed by atoms with E-state index in [1.807, 2.05) is 6.92 Å². The number of aliphatic carboxylic acids is 1. The van der Waals surface area contributed by atoms with Gasteiger partial charge in [0.05, 0.1) is 13.2 Å². The van der Waals surface area contributed by atoms with E-state index >= 15 is 0 Å². The van der Waals surface area contributed by atoms with Gasteiger partial charge < -0.3 is 35.7 Å². The number of hydrogen-bond acceptors (Lipinski definition) is 7. The Bertz CT molecular complexity index is 209. The summed E-state index contributed by atoms with van der Waals surface area (Å²) in [6, 6.07) is 0. The molecule has 0 saturated carbocycles. The van der Waals surface area contributed by atoms with Gasteiger partial charge in [0.1, 0.15) is 24.4 Å². The van der Waals surface area contributed by atoms with Crippen LogP contribution in [0.5, 0.6) is 0 Å². The van der Waals surface area contributed by atoms with E-state index in [0.29, 0.717) is 6.42 Å². The number of carboxylic acid groups (broad SMARTS) is 1. The minimum Gasteiger partial charge on any atom is -0.481 e. The normalized spacial score (nSPS) is 16.8. The Kier molecular flexibility index (Phi) is 13.3. The van der Waals surface area contributed by atoms with Gasteiger partial charge in [-0.15, -0.1) is 0 Å². The third-order valence-electron chi connectivity index (χ3n) is 2.26. The number of aliphatic hydroxyl groups excluding tert-OH is 6. The van der Waals surface area contributed by atoms with Crippen LogP contribution in [-0.2, 0) is 4.79 Å². The lowest BCUT2D eigenvalue weighted by Gasteiger charge is -2.24. The summed E-state index contributed by atoms with van der Waals surface area (Å²) >= 11 is 0. The average molecular weight is 284 g/mol. The molecular weight excluding hydrogens is 260 g/mol. The number of carboxylic acids is 1. The maximum Gasteiger partial charge on any atom is 0.303 e. The molecule has 116 valence electrons. The number of aliphatic hydroxyl groups is 6. The molecule has 0 aliphatic carbocycles. The lowest BCUT2D eigenvalue weighted by molar-refractivity contribution is -0.137. The fourth-order valence-electron chi connectivity index (χ4n) is 0.999. The number of unbranched alkanes of at least 4 members (excludes halogenated alkanes) is 1. The second kappa shape index (κ2) is 12.3. The van der Waals surface area contributed by atoms with Crippen molar-refractivity contribution in [2.75, 3.05) is 13.2 Å². The molecule has 4 unspecified atom stereocenters. The summed E-state index contributed by atoms with van der Waals surface area (Å²) < 4.78 is 0. The van der Waals surface area contributed by atoms with E-state index in [2.05, 4.69) is 0 Å². The maximum atomic E-state index is 9.76. The van der Waals surface area contributed by atoms with Crippen molar-refractivity contribution in [2.24, 2.45) is 0 Å². The molecule has 0 heterocycles. The highest BCUT2D eigenvalue weighted by Crippen LogP contribution is 2.04. The summed E-state index contributed by atoms with van der Waals surface area (Å²) in [4.78, 5) is 9.76. The summed E-state index contributed by atoms with van der Waals surface area (Å²) in [5, 5.41) is 60.2. The van der Waals surface area contributed by atoms with Crippen molar-refractivity contribution in [3.63, 3.8) is 0 Å². The third kappa shape index (κ3) is 10.8. The molecule has 0 spiro atoms. The Labute approximate surface area is 111 Å². The van der Waals surface area contributed by atoms with E-state index in [9.17, 15) is 4.79 Å². The lowest BCUT2D eigenvalue weighted by Crippen LogP contribution is -2.46. The van der Waals surface area contributed by atoms with Crippen LogP contribution >= 0.6 is 0 Å². The van der Waals surface area contributed by atoms with Gasteiger partial charge in [0, 0.05) is 6.42 Å². The molecule has 7 N–H and O–H groups in total. The van der Waals surface area contributed by atoms with Crippen molar-refractivity contribution in [1.82, 2.24) is 0 Å². The maximum absolute atomic E-state index is 9.76. The first kappa shape index (κ1) is 20.5. The van der Waals surface area contributed by atoms with Crippen LogP contribution in [0, 0.1) is 0 Å². The first-order valence-electron chi connectivity index (χ1n) is 5.97. The number of carbonyl (C=O) groups is 1. The zero-order valence-electron chi connectivity index (χ0n) is 10.9. The summed E-state index contributed by atoms with van der Waals surface area (Å²) in [5.41, 5.74) is 0. The fourth-order valence-corrected chi connectivity index (χ4v) is 0.999. The van der Waals surface area contributed by atoms with E-state index in [0.717, 1.165) is 12.8 Å². The third-order valence-corrected chi connectivity index (χ3v) is 2.26.